The van der Waals surface area contributed by atoms with Gasteiger partial charge in [0.25, 0.3) is 5.91 Å². The van der Waals surface area contributed by atoms with E-state index in [0.717, 1.165) is 18.7 Å². The third-order valence-corrected chi connectivity index (χ3v) is 3.57. The van der Waals surface area contributed by atoms with Crippen LogP contribution in [0.2, 0.25) is 0 Å². The summed E-state index contributed by atoms with van der Waals surface area (Å²) in [5.41, 5.74) is 1.70. The van der Waals surface area contributed by atoms with Gasteiger partial charge in [0, 0.05) is 30.4 Å². The third kappa shape index (κ3) is 3.96. The second-order valence-electron chi connectivity index (χ2n) is 5.23. The Hall–Kier alpha value is -1.55. The van der Waals surface area contributed by atoms with Crippen molar-refractivity contribution in [1.82, 2.24) is 10.6 Å². The fraction of sp³-hybridized carbons (Fsp3) is 0.533. The molecule has 4 heteroatoms. The largest absolute Gasteiger partial charge is 0.383 e. The molecule has 1 aliphatic heterocycles. The Morgan fingerprint density at radius 1 is 1.53 bits per heavy atom. The first-order chi connectivity index (χ1) is 9.19. The molecule has 0 radical (unpaired) electrons. The van der Waals surface area contributed by atoms with E-state index in [1.807, 2.05) is 24.3 Å². The van der Waals surface area contributed by atoms with E-state index in [-0.39, 0.29) is 5.91 Å². The van der Waals surface area contributed by atoms with E-state index in [1.54, 1.807) is 7.05 Å². The number of anilines is 1. The Bertz CT molecular complexity index is 427. The lowest BCUT2D eigenvalue weighted by Gasteiger charge is -2.19. The highest BCUT2D eigenvalue weighted by Gasteiger charge is 2.17. The van der Waals surface area contributed by atoms with E-state index >= 15 is 0 Å². The second-order valence-corrected chi connectivity index (χ2v) is 5.23. The fourth-order valence-corrected chi connectivity index (χ4v) is 2.62. The van der Waals surface area contributed by atoms with Gasteiger partial charge in [0.2, 0.25) is 0 Å². The smallest absolute Gasteiger partial charge is 0.251 e. The van der Waals surface area contributed by atoms with Gasteiger partial charge >= 0.3 is 0 Å². The molecule has 1 aromatic rings. The van der Waals surface area contributed by atoms with E-state index in [4.69, 9.17) is 0 Å². The number of hydrogen-bond donors (Lipinski definition) is 3. The van der Waals surface area contributed by atoms with Gasteiger partial charge in [-0.05, 0) is 50.9 Å². The van der Waals surface area contributed by atoms with Crippen molar-refractivity contribution in [2.24, 2.45) is 0 Å². The van der Waals surface area contributed by atoms with Crippen molar-refractivity contribution in [2.75, 3.05) is 18.9 Å². The SMILES string of the molecule is CNC(=O)c1cccc(NC(C)CC2CCCN2)c1. The van der Waals surface area contributed by atoms with E-state index in [9.17, 15) is 4.79 Å². The molecule has 1 aliphatic rings. The Labute approximate surface area is 115 Å². The zero-order chi connectivity index (χ0) is 13.7. The highest BCUT2D eigenvalue weighted by atomic mass is 16.1. The Morgan fingerprint density at radius 3 is 3.05 bits per heavy atom. The van der Waals surface area contributed by atoms with Crippen LogP contribution in [0.5, 0.6) is 0 Å². The number of rotatable bonds is 5. The highest BCUT2D eigenvalue weighted by molar-refractivity contribution is 5.94. The summed E-state index contributed by atoms with van der Waals surface area (Å²) in [6.07, 6.45) is 3.66. The Morgan fingerprint density at radius 2 is 2.37 bits per heavy atom. The summed E-state index contributed by atoms with van der Waals surface area (Å²) in [4.78, 5) is 11.6. The van der Waals surface area contributed by atoms with Crippen molar-refractivity contribution < 1.29 is 4.79 Å². The highest BCUT2D eigenvalue weighted by Crippen LogP contribution is 2.16. The van der Waals surface area contributed by atoms with Crippen molar-refractivity contribution >= 4 is 11.6 Å². The molecule has 1 saturated heterocycles. The van der Waals surface area contributed by atoms with Crippen molar-refractivity contribution in [3.63, 3.8) is 0 Å². The van der Waals surface area contributed by atoms with Crippen molar-refractivity contribution in [3.8, 4) is 0 Å². The minimum absolute atomic E-state index is 0.0474. The molecular formula is C15H23N3O. The molecule has 1 amide bonds. The summed E-state index contributed by atoms with van der Waals surface area (Å²) in [5, 5.41) is 9.62. The summed E-state index contributed by atoms with van der Waals surface area (Å²) < 4.78 is 0. The molecule has 0 aromatic heterocycles. The summed E-state index contributed by atoms with van der Waals surface area (Å²) >= 11 is 0. The van der Waals surface area contributed by atoms with Gasteiger partial charge in [-0.3, -0.25) is 4.79 Å². The zero-order valence-corrected chi connectivity index (χ0v) is 11.7. The maximum atomic E-state index is 11.6. The standard InChI is InChI=1S/C15H23N3O/c1-11(9-13-7-4-8-17-13)18-14-6-3-5-12(10-14)15(19)16-2/h3,5-6,10-11,13,17-18H,4,7-9H2,1-2H3,(H,16,19). The number of carbonyl (C=O) groups excluding carboxylic acids is 1. The molecule has 104 valence electrons. The molecule has 2 atom stereocenters. The fourth-order valence-electron chi connectivity index (χ4n) is 2.62. The number of benzene rings is 1. The molecule has 1 heterocycles. The van der Waals surface area contributed by atoms with Crippen LogP contribution in [-0.2, 0) is 0 Å². The maximum absolute atomic E-state index is 11.6. The van der Waals surface area contributed by atoms with E-state index in [2.05, 4.69) is 22.9 Å². The zero-order valence-electron chi connectivity index (χ0n) is 11.7. The van der Waals surface area contributed by atoms with Crippen LogP contribution in [0.1, 0.15) is 36.5 Å². The first-order valence-electron chi connectivity index (χ1n) is 7.01. The quantitative estimate of drug-likeness (QED) is 0.760. The molecule has 3 N–H and O–H groups in total. The van der Waals surface area contributed by atoms with Crippen molar-refractivity contribution in [3.05, 3.63) is 29.8 Å². The number of amides is 1. The molecule has 0 bridgehead atoms. The van der Waals surface area contributed by atoms with Gasteiger partial charge in [-0.25, -0.2) is 0 Å². The van der Waals surface area contributed by atoms with Crippen LogP contribution in [0.25, 0.3) is 0 Å². The van der Waals surface area contributed by atoms with Crippen LogP contribution in [0.15, 0.2) is 24.3 Å². The molecular weight excluding hydrogens is 238 g/mol. The monoisotopic (exact) mass is 261 g/mol. The topological polar surface area (TPSA) is 53.2 Å². The summed E-state index contributed by atoms with van der Waals surface area (Å²) in [6, 6.07) is 8.67. The molecule has 0 aliphatic carbocycles. The third-order valence-electron chi connectivity index (χ3n) is 3.57. The molecule has 0 spiro atoms. The summed E-state index contributed by atoms with van der Waals surface area (Å²) in [5.74, 6) is -0.0474. The van der Waals surface area contributed by atoms with Crippen LogP contribution >= 0.6 is 0 Å². The molecule has 1 aromatic carbocycles. The van der Waals surface area contributed by atoms with Crippen LogP contribution in [-0.4, -0.2) is 31.6 Å². The Balaban J connectivity index is 1.92. The number of hydrogen-bond acceptors (Lipinski definition) is 3. The lowest BCUT2D eigenvalue weighted by Crippen LogP contribution is -2.29. The second kappa shape index (κ2) is 6.57. The van der Waals surface area contributed by atoms with Crippen LogP contribution in [0.3, 0.4) is 0 Å². The molecule has 4 nitrogen and oxygen atoms in total. The number of carbonyl (C=O) groups is 1. The van der Waals surface area contributed by atoms with Gasteiger partial charge in [-0.2, -0.15) is 0 Å². The van der Waals surface area contributed by atoms with Gasteiger partial charge in [0.15, 0.2) is 0 Å². The summed E-state index contributed by atoms with van der Waals surface area (Å²) in [7, 11) is 1.65. The lowest BCUT2D eigenvalue weighted by atomic mass is 10.1. The molecule has 2 unspecified atom stereocenters. The predicted octanol–water partition coefficient (Wildman–Crippen LogP) is 1.99. The van der Waals surface area contributed by atoms with Crippen LogP contribution in [0, 0.1) is 0 Å². The average molecular weight is 261 g/mol. The molecule has 2 rings (SSSR count). The van der Waals surface area contributed by atoms with Gasteiger partial charge in [-0.1, -0.05) is 6.07 Å². The molecule has 0 saturated carbocycles. The van der Waals surface area contributed by atoms with E-state index in [0.29, 0.717) is 17.6 Å². The van der Waals surface area contributed by atoms with Gasteiger partial charge < -0.3 is 16.0 Å². The van der Waals surface area contributed by atoms with Gasteiger partial charge in [0.05, 0.1) is 0 Å². The van der Waals surface area contributed by atoms with Crippen LogP contribution in [0.4, 0.5) is 5.69 Å². The first-order valence-corrected chi connectivity index (χ1v) is 7.01. The maximum Gasteiger partial charge on any atom is 0.251 e. The average Bonchev–Trinajstić information content (AvgIpc) is 2.90. The normalized spacial score (nSPS) is 20.0. The summed E-state index contributed by atoms with van der Waals surface area (Å²) in [6.45, 7) is 3.33. The first kappa shape index (κ1) is 13.9. The minimum atomic E-state index is -0.0474. The van der Waals surface area contributed by atoms with Crippen LogP contribution < -0.4 is 16.0 Å². The number of nitrogens with one attached hydrogen (secondary N) is 3. The minimum Gasteiger partial charge on any atom is -0.383 e. The molecule has 19 heavy (non-hydrogen) atoms. The van der Waals surface area contributed by atoms with Gasteiger partial charge in [0.1, 0.15) is 0 Å². The van der Waals surface area contributed by atoms with E-state index in [1.165, 1.54) is 12.8 Å². The lowest BCUT2D eigenvalue weighted by molar-refractivity contribution is 0.0963. The predicted molar refractivity (Wildman–Crippen MR) is 78.6 cm³/mol. The van der Waals surface area contributed by atoms with Crippen molar-refractivity contribution in [2.45, 2.75) is 38.3 Å². The molecule has 1 fully saturated rings. The van der Waals surface area contributed by atoms with Gasteiger partial charge in [-0.15, -0.1) is 0 Å². The van der Waals surface area contributed by atoms with Crippen molar-refractivity contribution in [1.29, 1.82) is 0 Å². The Kier molecular flexibility index (Phi) is 4.80. The van der Waals surface area contributed by atoms with E-state index < -0.39 is 0 Å².